The van der Waals surface area contributed by atoms with Gasteiger partial charge in [0.2, 0.25) is 11.7 Å². The summed E-state index contributed by atoms with van der Waals surface area (Å²) in [5.74, 6) is 0.0968. The lowest BCUT2D eigenvalue weighted by atomic mass is 10.1. The molecule has 4 rings (SSSR count). The number of anilines is 1. The van der Waals surface area contributed by atoms with Gasteiger partial charge in [0.25, 0.3) is 5.91 Å². The number of hydrogen-bond donors (Lipinski definition) is 1. The second kappa shape index (κ2) is 8.66. The highest BCUT2D eigenvalue weighted by Crippen LogP contribution is 2.24. The van der Waals surface area contributed by atoms with E-state index in [0.29, 0.717) is 23.8 Å². The zero-order valence-electron chi connectivity index (χ0n) is 15.2. The molecule has 0 aliphatic rings. The Morgan fingerprint density at radius 2 is 1.93 bits per heavy atom. The number of carbonyl (C=O) groups excluding carboxylic acids is 1. The predicted octanol–water partition coefficient (Wildman–Crippen LogP) is 4.55. The fourth-order valence-corrected chi connectivity index (χ4v) is 3.33. The van der Waals surface area contributed by atoms with Crippen molar-refractivity contribution < 1.29 is 18.4 Å². The summed E-state index contributed by atoms with van der Waals surface area (Å²) in [6.07, 6.45) is 0.364. The highest BCUT2D eigenvalue weighted by molar-refractivity contribution is 7.13. The fraction of sp³-hybridized carbons (Fsp3) is 0.0952. The molecule has 0 unspecified atom stereocenters. The lowest BCUT2D eigenvalue weighted by Gasteiger charge is -2.11. The number of ether oxygens (including phenoxy) is 1. The molecule has 1 amide bonds. The molecule has 2 aromatic carbocycles. The quantitative estimate of drug-likeness (QED) is 0.485. The Kier molecular flexibility index (Phi) is 5.62. The predicted molar refractivity (Wildman–Crippen MR) is 107 cm³/mol. The molecule has 0 radical (unpaired) electrons. The highest BCUT2D eigenvalue weighted by Gasteiger charge is 2.14. The van der Waals surface area contributed by atoms with Crippen molar-refractivity contribution >= 4 is 22.9 Å². The third kappa shape index (κ3) is 4.67. The van der Waals surface area contributed by atoms with Gasteiger partial charge in [-0.1, -0.05) is 41.6 Å². The molecule has 0 fully saturated rings. The first-order valence-electron chi connectivity index (χ1n) is 8.80. The van der Waals surface area contributed by atoms with Crippen LogP contribution in [0, 0.1) is 5.82 Å². The zero-order valence-corrected chi connectivity index (χ0v) is 16.0. The summed E-state index contributed by atoms with van der Waals surface area (Å²) in [4.78, 5) is 17.6. The third-order valence-corrected chi connectivity index (χ3v) is 4.90. The number of thiophene rings is 1. The van der Waals surface area contributed by atoms with E-state index in [0.717, 1.165) is 10.4 Å². The highest BCUT2D eigenvalue weighted by atomic mass is 32.1. The van der Waals surface area contributed by atoms with E-state index in [1.807, 2.05) is 35.7 Å². The van der Waals surface area contributed by atoms with Crippen molar-refractivity contribution in [3.8, 4) is 16.5 Å². The first-order chi connectivity index (χ1) is 14.2. The minimum atomic E-state index is -0.515. The van der Waals surface area contributed by atoms with E-state index in [-0.39, 0.29) is 12.4 Å². The second-order valence-electron chi connectivity index (χ2n) is 6.09. The normalized spacial score (nSPS) is 10.7. The molecule has 0 saturated carbocycles. The SMILES string of the molecule is O=C(COc1ccccc1F)Nc1ccccc1Cc1nc(-c2cccs2)no1. The smallest absolute Gasteiger partial charge is 0.262 e. The molecule has 0 atom stereocenters. The van der Waals surface area contributed by atoms with E-state index >= 15 is 0 Å². The Morgan fingerprint density at radius 3 is 2.76 bits per heavy atom. The summed E-state index contributed by atoms with van der Waals surface area (Å²) in [5.41, 5.74) is 1.42. The number of hydrogen-bond acceptors (Lipinski definition) is 6. The van der Waals surface area contributed by atoms with Crippen LogP contribution < -0.4 is 10.1 Å². The monoisotopic (exact) mass is 409 g/mol. The second-order valence-corrected chi connectivity index (χ2v) is 7.04. The molecule has 0 bridgehead atoms. The number of aromatic nitrogens is 2. The Bertz CT molecular complexity index is 1110. The van der Waals surface area contributed by atoms with Crippen LogP contribution in [0.5, 0.6) is 5.75 Å². The number of nitrogens with one attached hydrogen (secondary N) is 1. The molecule has 0 aliphatic carbocycles. The van der Waals surface area contributed by atoms with Crippen LogP contribution in [0.3, 0.4) is 0 Å². The van der Waals surface area contributed by atoms with Gasteiger partial charge < -0.3 is 14.6 Å². The molecular formula is C21H16FN3O3S. The van der Waals surface area contributed by atoms with Crippen molar-refractivity contribution in [3.63, 3.8) is 0 Å². The number of halogens is 1. The molecule has 0 saturated heterocycles. The zero-order chi connectivity index (χ0) is 20.1. The minimum absolute atomic E-state index is 0.0305. The minimum Gasteiger partial charge on any atom is -0.481 e. The molecule has 2 heterocycles. The first-order valence-corrected chi connectivity index (χ1v) is 9.68. The lowest BCUT2D eigenvalue weighted by molar-refractivity contribution is -0.118. The van der Waals surface area contributed by atoms with E-state index in [1.54, 1.807) is 18.2 Å². The topological polar surface area (TPSA) is 77.2 Å². The molecule has 0 aliphatic heterocycles. The molecule has 6 nitrogen and oxygen atoms in total. The Hall–Kier alpha value is -3.52. The maximum absolute atomic E-state index is 13.6. The summed E-state index contributed by atoms with van der Waals surface area (Å²) < 4.78 is 24.2. The van der Waals surface area contributed by atoms with Crippen LogP contribution in [-0.2, 0) is 11.2 Å². The number of benzene rings is 2. The van der Waals surface area contributed by atoms with E-state index in [9.17, 15) is 9.18 Å². The van der Waals surface area contributed by atoms with Gasteiger partial charge in [0.15, 0.2) is 18.2 Å². The molecule has 29 heavy (non-hydrogen) atoms. The average Bonchev–Trinajstić information content (AvgIpc) is 3.41. The van der Waals surface area contributed by atoms with Gasteiger partial charge in [-0.15, -0.1) is 11.3 Å². The van der Waals surface area contributed by atoms with Gasteiger partial charge in [0.1, 0.15) is 0 Å². The lowest BCUT2D eigenvalue weighted by Crippen LogP contribution is -2.21. The van der Waals surface area contributed by atoms with Crippen molar-refractivity contribution in [2.75, 3.05) is 11.9 Å². The van der Waals surface area contributed by atoms with Gasteiger partial charge in [0.05, 0.1) is 11.3 Å². The molecule has 146 valence electrons. The number of para-hydroxylation sites is 2. The van der Waals surface area contributed by atoms with Crippen molar-refractivity contribution in [2.24, 2.45) is 0 Å². The number of nitrogens with zero attached hydrogens (tertiary/aromatic N) is 2. The molecule has 0 spiro atoms. The van der Waals surface area contributed by atoms with Crippen LogP contribution >= 0.6 is 11.3 Å². The summed E-state index contributed by atoms with van der Waals surface area (Å²) in [5, 5.41) is 8.72. The van der Waals surface area contributed by atoms with Crippen LogP contribution in [0.25, 0.3) is 10.7 Å². The standard InChI is InChI=1S/C21H16FN3O3S/c22-15-7-2-4-9-17(15)27-13-19(26)23-16-8-3-1-6-14(16)12-20-24-21(25-28-20)18-10-5-11-29-18/h1-11H,12-13H2,(H,23,26). The van der Waals surface area contributed by atoms with Crippen molar-refractivity contribution in [1.82, 2.24) is 10.1 Å². The molecule has 4 aromatic rings. The van der Waals surface area contributed by atoms with Crippen LogP contribution in [0.4, 0.5) is 10.1 Å². The number of carbonyl (C=O) groups is 1. The van der Waals surface area contributed by atoms with Gasteiger partial charge in [-0.3, -0.25) is 4.79 Å². The Labute approximate surface area is 170 Å². The Morgan fingerprint density at radius 1 is 1.10 bits per heavy atom. The largest absolute Gasteiger partial charge is 0.481 e. The van der Waals surface area contributed by atoms with Gasteiger partial charge in [0, 0.05) is 5.69 Å². The van der Waals surface area contributed by atoms with Crippen LogP contribution in [0.1, 0.15) is 11.5 Å². The fourth-order valence-electron chi connectivity index (χ4n) is 2.68. The molecule has 8 heteroatoms. The van der Waals surface area contributed by atoms with Crippen LogP contribution in [0.2, 0.25) is 0 Å². The van der Waals surface area contributed by atoms with Gasteiger partial charge in [-0.25, -0.2) is 4.39 Å². The van der Waals surface area contributed by atoms with E-state index in [2.05, 4.69) is 15.5 Å². The summed E-state index contributed by atoms with van der Waals surface area (Å²) >= 11 is 1.53. The van der Waals surface area contributed by atoms with Gasteiger partial charge in [-0.05, 0) is 35.2 Å². The maximum Gasteiger partial charge on any atom is 0.262 e. The molecule has 2 aromatic heterocycles. The van der Waals surface area contributed by atoms with Crippen LogP contribution in [-0.4, -0.2) is 22.7 Å². The molecule has 1 N–H and O–H groups in total. The van der Waals surface area contributed by atoms with E-state index in [1.165, 1.54) is 23.5 Å². The van der Waals surface area contributed by atoms with E-state index < -0.39 is 11.7 Å². The summed E-state index contributed by atoms with van der Waals surface area (Å²) in [6, 6.07) is 17.1. The van der Waals surface area contributed by atoms with Crippen LogP contribution in [0.15, 0.2) is 70.6 Å². The average molecular weight is 409 g/mol. The van der Waals surface area contributed by atoms with Gasteiger partial charge >= 0.3 is 0 Å². The summed E-state index contributed by atoms with van der Waals surface area (Å²) in [6.45, 7) is -0.307. The number of amides is 1. The Balaban J connectivity index is 1.42. The maximum atomic E-state index is 13.6. The summed E-state index contributed by atoms with van der Waals surface area (Å²) in [7, 11) is 0. The first kappa shape index (κ1) is 18.8. The molecular weight excluding hydrogens is 393 g/mol. The van der Waals surface area contributed by atoms with Crippen molar-refractivity contribution in [1.29, 1.82) is 0 Å². The van der Waals surface area contributed by atoms with E-state index in [4.69, 9.17) is 9.26 Å². The number of rotatable bonds is 7. The van der Waals surface area contributed by atoms with Crippen molar-refractivity contribution in [2.45, 2.75) is 6.42 Å². The van der Waals surface area contributed by atoms with Crippen molar-refractivity contribution in [3.05, 3.63) is 83.3 Å². The third-order valence-electron chi connectivity index (χ3n) is 4.04. The van der Waals surface area contributed by atoms with Gasteiger partial charge in [-0.2, -0.15) is 4.98 Å².